The van der Waals surface area contributed by atoms with E-state index < -0.39 is 0 Å². The highest BCUT2D eigenvalue weighted by Gasteiger charge is 2.15. The number of nitrogens with two attached hydrogens (primary N) is 1. The van der Waals surface area contributed by atoms with Gasteiger partial charge in [0.1, 0.15) is 12.4 Å². The Hall–Kier alpha value is -2.20. The number of nitrogen functional groups attached to an aromatic ring is 1. The first-order valence-corrected chi connectivity index (χ1v) is 8.18. The smallest absolute Gasteiger partial charge is 0.211 e. The monoisotopic (exact) mass is 331 g/mol. The Kier molecular flexibility index (Phi) is 5.16. The molecule has 0 spiro atoms. The largest absolute Gasteiger partial charge is 0.486 e. The van der Waals surface area contributed by atoms with Crippen LogP contribution in [0.2, 0.25) is 0 Å². The molecule has 23 heavy (non-hydrogen) atoms. The SMILES string of the molecule is C[C@@H](C#N)Sc1nnc(COc2ccc(C(C)(C)C)cc2)n1N. The van der Waals surface area contributed by atoms with Crippen molar-refractivity contribution in [2.24, 2.45) is 0 Å². The van der Waals surface area contributed by atoms with Crippen molar-refractivity contribution in [3.8, 4) is 11.8 Å². The van der Waals surface area contributed by atoms with Crippen molar-refractivity contribution >= 4 is 11.8 Å². The number of aromatic nitrogens is 3. The zero-order valence-electron chi connectivity index (χ0n) is 13.8. The fourth-order valence-corrected chi connectivity index (χ4v) is 2.55. The topological polar surface area (TPSA) is 89.8 Å². The minimum absolute atomic E-state index is 0.111. The van der Waals surface area contributed by atoms with Crippen molar-refractivity contribution in [1.82, 2.24) is 14.9 Å². The molecule has 122 valence electrons. The van der Waals surface area contributed by atoms with E-state index in [2.05, 4.69) is 49.2 Å². The minimum atomic E-state index is -0.236. The Labute approximate surface area is 140 Å². The second-order valence-electron chi connectivity index (χ2n) is 6.22. The van der Waals surface area contributed by atoms with E-state index in [1.165, 1.54) is 22.0 Å². The maximum Gasteiger partial charge on any atom is 0.211 e. The van der Waals surface area contributed by atoms with Gasteiger partial charge in [-0.3, -0.25) is 0 Å². The summed E-state index contributed by atoms with van der Waals surface area (Å²) in [6.45, 7) is 8.51. The van der Waals surface area contributed by atoms with E-state index in [1.54, 1.807) is 6.92 Å². The third-order valence-electron chi connectivity index (χ3n) is 3.29. The molecule has 0 aliphatic heterocycles. The van der Waals surface area contributed by atoms with Gasteiger partial charge in [0, 0.05) is 0 Å². The number of hydrogen-bond acceptors (Lipinski definition) is 6. The molecule has 0 saturated heterocycles. The molecule has 1 heterocycles. The van der Waals surface area contributed by atoms with Gasteiger partial charge in [0.25, 0.3) is 0 Å². The quantitative estimate of drug-likeness (QED) is 0.669. The van der Waals surface area contributed by atoms with Gasteiger partial charge in [0.2, 0.25) is 5.16 Å². The summed E-state index contributed by atoms with van der Waals surface area (Å²) in [5.41, 5.74) is 1.36. The predicted molar refractivity (Wildman–Crippen MR) is 90.6 cm³/mol. The van der Waals surface area contributed by atoms with Crippen LogP contribution in [0.25, 0.3) is 0 Å². The van der Waals surface area contributed by atoms with Gasteiger partial charge >= 0.3 is 0 Å². The molecule has 1 aromatic carbocycles. The molecule has 2 N–H and O–H groups in total. The molecule has 0 saturated carbocycles. The highest BCUT2D eigenvalue weighted by molar-refractivity contribution is 8.00. The lowest BCUT2D eigenvalue weighted by molar-refractivity contribution is 0.291. The number of thioether (sulfide) groups is 1. The Morgan fingerprint density at radius 1 is 1.30 bits per heavy atom. The van der Waals surface area contributed by atoms with Gasteiger partial charge in [0.15, 0.2) is 5.82 Å². The lowest BCUT2D eigenvalue weighted by Crippen LogP contribution is -2.16. The van der Waals surface area contributed by atoms with E-state index in [0.717, 1.165) is 5.75 Å². The van der Waals surface area contributed by atoms with Gasteiger partial charge in [-0.2, -0.15) is 5.26 Å². The van der Waals surface area contributed by atoms with Crippen LogP contribution in [-0.4, -0.2) is 20.1 Å². The molecule has 1 atom stereocenters. The van der Waals surface area contributed by atoms with Crippen LogP contribution in [0.3, 0.4) is 0 Å². The molecule has 0 unspecified atom stereocenters. The third-order valence-corrected chi connectivity index (χ3v) is 4.24. The second kappa shape index (κ2) is 6.92. The first-order chi connectivity index (χ1) is 10.8. The Balaban J connectivity index is 2.00. The van der Waals surface area contributed by atoms with Gasteiger partial charge in [-0.25, -0.2) is 4.68 Å². The van der Waals surface area contributed by atoms with Gasteiger partial charge in [-0.05, 0) is 30.0 Å². The fraction of sp³-hybridized carbons (Fsp3) is 0.438. The highest BCUT2D eigenvalue weighted by Crippen LogP contribution is 2.25. The van der Waals surface area contributed by atoms with Crippen LogP contribution in [0, 0.1) is 11.3 Å². The first-order valence-electron chi connectivity index (χ1n) is 7.30. The van der Waals surface area contributed by atoms with Crippen molar-refractivity contribution in [1.29, 1.82) is 5.26 Å². The van der Waals surface area contributed by atoms with E-state index in [0.29, 0.717) is 11.0 Å². The lowest BCUT2D eigenvalue weighted by atomic mass is 9.87. The summed E-state index contributed by atoms with van der Waals surface area (Å²) in [6, 6.07) is 10.1. The molecular weight excluding hydrogens is 310 g/mol. The van der Waals surface area contributed by atoms with Crippen LogP contribution in [-0.2, 0) is 12.0 Å². The average Bonchev–Trinajstić information content (AvgIpc) is 2.85. The van der Waals surface area contributed by atoms with Gasteiger partial charge in [0.05, 0.1) is 11.3 Å². The summed E-state index contributed by atoms with van der Waals surface area (Å²) < 4.78 is 7.07. The van der Waals surface area contributed by atoms with E-state index >= 15 is 0 Å². The number of ether oxygens (including phenoxy) is 1. The molecule has 2 rings (SSSR count). The molecule has 2 aromatic rings. The predicted octanol–water partition coefficient (Wildman–Crippen LogP) is 2.87. The summed E-state index contributed by atoms with van der Waals surface area (Å²) in [5, 5.41) is 17.1. The number of benzene rings is 1. The molecular formula is C16H21N5OS. The standard InChI is InChI=1S/C16H21N5OS/c1-11(9-17)23-15-20-19-14(21(15)18)10-22-13-7-5-12(6-8-13)16(2,3)4/h5-8,11H,10,18H2,1-4H3/t11-/m0/s1. The van der Waals surface area contributed by atoms with Crippen LogP contribution < -0.4 is 10.6 Å². The molecule has 0 bridgehead atoms. The Bertz CT molecular complexity index is 697. The zero-order valence-corrected chi connectivity index (χ0v) is 14.6. The molecule has 0 aliphatic carbocycles. The number of nitriles is 1. The van der Waals surface area contributed by atoms with E-state index in [4.69, 9.17) is 15.8 Å². The molecule has 0 amide bonds. The highest BCUT2D eigenvalue weighted by atomic mass is 32.2. The molecule has 0 radical (unpaired) electrons. The molecule has 0 aliphatic rings. The van der Waals surface area contributed by atoms with E-state index in [1.807, 2.05) is 12.1 Å². The molecule has 6 nitrogen and oxygen atoms in total. The molecule has 1 aromatic heterocycles. The summed E-state index contributed by atoms with van der Waals surface area (Å²) in [4.78, 5) is 0. The van der Waals surface area contributed by atoms with Crippen LogP contribution in [0.1, 0.15) is 39.1 Å². The van der Waals surface area contributed by atoms with Crippen molar-refractivity contribution in [2.45, 2.75) is 50.1 Å². The van der Waals surface area contributed by atoms with E-state index in [-0.39, 0.29) is 17.3 Å². The van der Waals surface area contributed by atoms with Gasteiger partial charge < -0.3 is 10.6 Å². The van der Waals surface area contributed by atoms with E-state index in [9.17, 15) is 0 Å². The van der Waals surface area contributed by atoms with Crippen molar-refractivity contribution in [2.75, 3.05) is 5.84 Å². The Morgan fingerprint density at radius 2 is 1.96 bits per heavy atom. The van der Waals surface area contributed by atoms with Crippen LogP contribution in [0.15, 0.2) is 29.4 Å². The van der Waals surface area contributed by atoms with Crippen molar-refractivity contribution in [3.05, 3.63) is 35.7 Å². The number of nitrogens with zero attached hydrogens (tertiary/aromatic N) is 4. The minimum Gasteiger partial charge on any atom is -0.486 e. The van der Waals surface area contributed by atoms with Gasteiger partial charge in [-0.1, -0.05) is 44.7 Å². The average molecular weight is 331 g/mol. The van der Waals surface area contributed by atoms with Crippen LogP contribution >= 0.6 is 11.8 Å². The summed E-state index contributed by atoms with van der Waals surface area (Å²) >= 11 is 1.27. The summed E-state index contributed by atoms with van der Waals surface area (Å²) in [5.74, 6) is 7.20. The maximum absolute atomic E-state index is 8.83. The third kappa shape index (κ3) is 4.39. The number of rotatable bonds is 5. The van der Waals surface area contributed by atoms with Crippen LogP contribution in [0.4, 0.5) is 0 Å². The molecule has 0 fully saturated rings. The second-order valence-corrected chi connectivity index (χ2v) is 7.53. The van der Waals surface area contributed by atoms with Crippen molar-refractivity contribution < 1.29 is 4.74 Å². The first kappa shape index (κ1) is 17.2. The molecule has 7 heteroatoms. The van der Waals surface area contributed by atoms with Gasteiger partial charge in [-0.15, -0.1) is 10.2 Å². The normalized spacial score (nSPS) is 12.7. The zero-order chi connectivity index (χ0) is 17.0. The summed E-state index contributed by atoms with van der Waals surface area (Å²) in [6.07, 6.45) is 0. The number of hydrogen-bond donors (Lipinski definition) is 1. The maximum atomic E-state index is 8.83. The lowest BCUT2D eigenvalue weighted by Gasteiger charge is -2.19. The van der Waals surface area contributed by atoms with Crippen LogP contribution in [0.5, 0.6) is 5.75 Å². The van der Waals surface area contributed by atoms with Crippen molar-refractivity contribution in [3.63, 3.8) is 0 Å². The fourth-order valence-electron chi connectivity index (χ4n) is 1.87. The Morgan fingerprint density at radius 3 is 2.52 bits per heavy atom. The summed E-state index contributed by atoms with van der Waals surface area (Å²) in [7, 11) is 0.